The number of nitrogens with one attached hydrogen (secondary N) is 2. The van der Waals surface area contributed by atoms with Gasteiger partial charge in [-0.3, -0.25) is 19.9 Å². The number of anilines is 1. The van der Waals surface area contributed by atoms with Crippen LogP contribution in [0.25, 0.3) is 28.1 Å². The first-order valence-corrected chi connectivity index (χ1v) is 13.9. The highest BCUT2D eigenvalue weighted by atomic mass is 32.2. The third kappa shape index (κ3) is 5.69. The van der Waals surface area contributed by atoms with Crippen molar-refractivity contribution in [2.24, 2.45) is 5.92 Å². The Morgan fingerprint density at radius 3 is 2.59 bits per heavy atom. The minimum Gasteiger partial charge on any atom is -0.341 e. The minimum atomic E-state index is -0.379. The van der Waals surface area contributed by atoms with E-state index in [1.165, 1.54) is 22.1 Å². The van der Waals surface area contributed by atoms with E-state index < -0.39 is 0 Å². The molecular weight excluding hydrogens is 508 g/mol. The van der Waals surface area contributed by atoms with Gasteiger partial charge in [0, 0.05) is 37.4 Å². The normalized spacial score (nSPS) is 17.2. The topological polar surface area (TPSA) is 100 Å². The molecule has 0 saturated carbocycles. The van der Waals surface area contributed by atoms with Gasteiger partial charge in [0.25, 0.3) is 11.1 Å². The molecule has 0 bridgehead atoms. The van der Waals surface area contributed by atoms with Crippen molar-refractivity contribution in [1.82, 2.24) is 25.6 Å². The molecule has 196 valence electrons. The Labute approximate surface area is 231 Å². The average Bonchev–Trinajstić information content (AvgIpc) is 3.29. The number of thioether (sulfide) groups is 1. The maximum absolute atomic E-state index is 11.8. The Hall–Kier alpha value is -4.08. The smallest absolute Gasteiger partial charge is 0.290 e. The van der Waals surface area contributed by atoms with Gasteiger partial charge in [-0.05, 0) is 78.0 Å². The molecule has 2 saturated heterocycles. The molecule has 2 amide bonds. The largest absolute Gasteiger partial charge is 0.341 e. The molecule has 2 aromatic carbocycles. The summed E-state index contributed by atoms with van der Waals surface area (Å²) in [6, 6.07) is 20.7. The highest BCUT2D eigenvalue weighted by Gasteiger charge is 2.26. The lowest BCUT2D eigenvalue weighted by Crippen LogP contribution is -2.38. The number of aromatic nitrogens is 3. The molecule has 0 unspecified atom stereocenters. The van der Waals surface area contributed by atoms with Crippen molar-refractivity contribution in [3.05, 3.63) is 89.2 Å². The predicted molar refractivity (Wildman–Crippen MR) is 155 cm³/mol. The van der Waals surface area contributed by atoms with Crippen LogP contribution in [0.4, 0.5) is 10.7 Å². The van der Waals surface area contributed by atoms with Crippen molar-refractivity contribution in [2.45, 2.75) is 19.4 Å². The number of para-hydroxylation sites is 1. The Morgan fingerprint density at radius 2 is 1.74 bits per heavy atom. The third-order valence-corrected chi connectivity index (χ3v) is 8.00. The first-order valence-electron chi connectivity index (χ1n) is 13.1. The number of imide groups is 1. The number of piperidine rings is 1. The van der Waals surface area contributed by atoms with E-state index in [0.717, 1.165) is 56.3 Å². The van der Waals surface area contributed by atoms with E-state index in [2.05, 4.69) is 79.0 Å². The number of nitrogens with zero attached hydrogens (tertiary/aromatic N) is 4. The molecule has 0 aliphatic carbocycles. The van der Waals surface area contributed by atoms with Crippen LogP contribution in [0.2, 0.25) is 0 Å². The second kappa shape index (κ2) is 11.3. The summed E-state index contributed by atoms with van der Waals surface area (Å²) in [4.78, 5) is 39.4. The van der Waals surface area contributed by atoms with Crippen LogP contribution in [0, 0.1) is 5.92 Å². The lowest BCUT2D eigenvalue weighted by atomic mass is 9.95. The van der Waals surface area contributed by atoms with Gasteiger partial charge in [0.2, 0.25) is 5.95 Å². The maximum Gasteiger partial charge on any atom is 0.290 e. The number of carbonyl (C=O) groups is 2. The zero-order valence-corrected chi connectivity index (χ0v) is 22.2. The summed E-state index contributed by atoms with van der Waals surface area (Å²) in [5.41, 5.74) is 5.36. The van der Waals surface area contributed by atoms with Crippen molar-refractivity contribution >= 4 is 45.8 Å². The minimum absolute atomic E-state index is 0.355. The van der Waals surface area contributed by atoms with Gasteiger partial charge in [0.15, 0.2) is 0 Å². The molecule has 2 fully saturated rings. The molecular formula is C30H28N6O2S. The van der Waals surface area contributed by atoms with Crippen LogP contribution in [0.5, 0.6) is 0 Å². The predicted octanol–water partition coefficient (Wildman–Crippen LogP) is 5.02. The molecule has 2 N–H and O–H groups in total. The van der Waals surface area contributed by atoms with Gasteiger partial charge in [-0.1, -0.05) is 42.5 Å². The van der Waals surface area contributed by atoms with E-state index in [1.54, 1.807) is 18.3 Å². The van der Waals surface area contributed by atoms with Crippen molar-refractivity contribution < 1.29 is 9.59 Å². The van der Waals surface area contributed by atoms with Crippen molar-refractivity contribution in [1.29, 1.82) is 0 Å². The summed E-state index contributed by atoms with van der Waals surface area (Å²) in [5, 5.41) is 6.78. The van der Waals surface area contributed by atoms with Crippen LogP contribution in [0.15, 0.2) is 78.0 Å². The van der Waals surface area contributed by atoms with E-state index in [9.17, 15) is 9.59 Å². The van der Waals surface area contributed by atoms with Crippen LogP contribution < -0.4 is 15.5 Å². The van der Waals surface area contributed by atoms with Gasteiger partial charge >= 0.3 is 0 Å². The Bertz CT molecular complexity index is 1560. The lowest BCUT2D eigenvalue weighted by molar-refractivity contribution is -0.115. The molecule has 2 aromatic heterocycles. The van der Waals surface area contributed by atoms with Crippen LogP contribution >= 0.6 is 11.8 Å². The summed E-state index contributed by atoms with van der Waals surface area (Å²) in [5.74, 6) is 0.851. The summed E-state index contributed by atoms with van der Waals surface area (Å²) < 4.78 is 0. The Kier molecular flexibility index (Phi) is 7.33. The third-order valence-electron chi connectivity index (χ3n) is 7.19. The number of hydrogen-bond donors (Lipinski definition) is 2. The van der Waals surface area contributed by atoms with Gasteiger partial charge in [-0.2, -0.15) is 0 Å². The van der Waals surface area contributed by atoms with Crippen molar-refractivity contribution in [3.63, 3.8) is 0 Å². The van der Waals surface area contributed by atoms with Crippen LogP contribution in [0.3, 0.4) is 0 Å². The average molecular weight is 537 g/mol. The molecule has 4 aromatic rings. The summed E-state index contributed by atoms with van der Waals surface area (Å²) in [6.07, 6.45) is 7.32. The number of fused-ring (bicyclic) bond motifs is 1. The lowest BCUT2D eigenvalue weighted by Gasteiger charge is -2.32. The second-order valence-corrected chi connectivity index (χ2v) is 10.7. The number of hydrogen-bond acceptors (Lipinski definition) is 8. The zero-order valence-electron chi connectivity index (χ0n) is 21.3. The fourth-order valence-electron chi connectivity index (χ4n) is 5.17. The van der Waals surface area contributed by atoms with Gasteiger partial charge < -0.3 is 10.2 Å². The number of pyridine rings is 1. The van der Waals surface area contributed by atoms with Crippen molar-refractivity contribution in [3.8, 4) is 11.1 Å². The number of carbonyl (C=O) groups excluding carboxylic acids is 2. The number of rotatable bonds is 7. The van der Waals surface area contributed by atoms with Crippen LogP contribution in [0.1, 0.15) is 24.1 Å². The first kappa shape index (κ1) is 25.2. The summed E-state index contributed by atoms with van der Waals surface area (Å²) in [6.45, 7) is 3.51. The molecule has 6 rings (SSSR count). The molecule has 9 heteroatoms. The summed E-state index contributed by atoms with van der Waals surface area (Å²) >= 11 is 0.894. The van der Waals surface area contributed by atoms with E-state index in [1.807, 2.05) is 12.3 Å². The number of amides is 2. The van der Waals surface area contributed by atoms with Gasteiger partial charge in [0.1, 0.15) is 0 Å². The standard InChI is InChI=1S/C30H28N6O2S/c37-28-27(39-30(38)35-28)17-22-9-13-33-29(34-22)36-15-11-20(12-16-36)18-31-19-21-5-1-2-6-23(21)24-10-14-32-26-8-4-3-7-25(24)26/h1-10,13-14,17,20,31H,11-12,15-16,18-19H2,(H,35,37,38). The number of benzene rings is 2. The quantitative estimate of drug-likeness (QED) is 0.318. The van der Waals surface area contributed by atoms with Gasteiger partial charge in [-0.25, -0.2) is 9.97 Å². The van der Waals surface area contributed by atoms with Gasteiger partial charge in [0.05, 0.1) is 16.1 Å². The molecule has 4 heterocycles. The SMILES string of the molecule is O=C1NC(=O)C(=Cc2ccnc(N3CCC(CNCc4ccccc4-c4ccnc5ccccc45)CC3)n2)S1. The highest BCUT2D eigenvalue weighted by molar-refractivity contribution is 8.18. The van der Waals surface area contributed by atoms with E-state index in [0.29, 0.717) is 22.5 Å². The monoisotopic (exact) mass is 536 g/mol. The van der Waals surface area contributed by atoms with E-state index in [4.69, 9.17) is 0 Å². The fraction of sp³-hybridized carbons (Fsp3) is 0.233. The zero-order chi connectivity index (χ0) is 26.6. The van der Waals surface area contributed by atoms with Gasteiger partial charge in [-0.15, -0.1) is 0 Å². The molecule has 2 aliphatic heterocycles. The summed E-state index contributed by atoms with van der Waals surface area (Å²) in [7, 11) is 0. The Morgan fingerprint density at radius 1 is 0.949 bits per heavy atom. The first-order chi connectivity index (χ1) is 19.1. The highest BCUT2D eigenvalue weighted by Crippen LogP contribution is 2.30. The molecule has 0 spiro atoms. The fourth-order valence-corrected chi connectivity index (χ4v) is 5.83. The van der Waals surface area contributed by atoms with Crippen molar-refractivity contribution in [2.75, 3.05) is 24.5 Å². The van der Waals surface area contributed by atoms with E-state index in [-0.39, 0.29) is 11.1 Å². The van der Waals surface area contributed by atoms with Crippen LogP contribution in [-0.2, 0) is 11.3 Å². The molecule has 0 radical (unpaired) electrons. The molecule has 39 heavy (non-hydrogen) atoms. The maximum atomic E-state index is 11.8. The Balaban J connectivity index is 1.05. The second-order valence-electron chi connectivity index (χ2n) is 9.73. The van der Waals surface area contributed by atoms with E-state index >= 15 is 0 Å². The molecule has 2 aliphatic rings. The van der Waals surface area contributed by atoms with Crippen LogP contribution in [-0.4, -0.2) is 45.7 Å². The molecule has 8 nitrogen and oxygen atoms in total. The molecule has 0 atom stereocenters.